The first kappa shape index (κ1) is 31.2. The second kappa shape index (κ2) is 11.8. The molecule has 0 unspecified atom stereocenters. The van der Waals surface area contributed by atoms with Crippen LogP contribution in [0, 0.1) is 12.3 Å². The molecule has 10 nitrogen and oxygen atoms in total. The van der Waals surface area contributed by atoms with Gasteiger partial charge in [-0.1, -0.05) is 0 Å². The van der Waals surface area contributed by atoms with Crippen molar-refractivity contribution >= 4 is 51.5 Å². The number of aliphatic hydroxyl groups excluding tert-OH is 1. The largest absolute Gasteiger partial charge is 0.395 e. The molecular weight excluding hydrogens is 578 g/mol. The second-order valence-corrected chi connectivity index (χ2v) is 13.4. The maximum absolute atomic E-state index is 13.6. The fraction of sp³-hybridized carbons (Fsp3) is 0.593. The van der Waals surface area contributed by atoms with Gasteiger partial charge in [-0.3, -0.25) is 9.52 Å². The Labute approximate surface area is 245 Å². The van der Waals surface area contributed by atoms with Crippen LogP contribution in [0.1, 0.15) is 61.5 Å². The fourth-order valence-electron chi connectivity index (χ4n) is 5.29. The molecule has 1 atom stereocenters. The molecular formula is C27H37ClF2N6O4S. The molecule has 1 aromatic heterocycles. The molecule has 2 aromatic rings. The fourth-order valence-corrected chi connectivity index (χ4v) is 6.14. The number of anilines is 4. The number of nitrogens with zero attached hydrogens (tertiary/aromatic N) is 4. The Bertz CT molecular complexity index is 1370. The van der Waals surface area contributed by atoms with Crippen LogP contribution in [0.4, 0.5) is 31.9 Å². The number of amides is 1. The number of halogens is 3. The van der Waals surface area contributed by atoms with Crippen molar-refractivity contribution in [1.29, 1.82) is 0 Å². The predicted octanol–water partition coefficient (Wildman–Crippen LogP) is 4.20. The molecule has 3 aliphatic rings. The van der Waals surface area contributed by atoms with Crippen molar-refractivity contribution in [2.75, 3.05) is 52.6 Å². The highest BCUT2D eigenvalue weighted by Gasteiger charge is 2.44. The van der Waals surface area contributed by atoms with Crippen molar-refractivity contribution in [2.24, 2.45) is 5.41 Å². The first-order chi connectivity index (χ1) is 18.9. The van der Waals surface area contributed by atoms with E-state index in [-0.39, 0.29) is 44.2 Å². The summed E-state index contributed by atoms with van der Waals surface area (Å²) in [6, 6.07) is 6.38. The van der Waals surface area contributed by atoms with E-state index in [9.17, 15) is 27.1 Å². The normalized spacial score (nSPS) is 20.2. The Morgan fingerprint density at radius 1 is 1.02 bits per heavy atom. The van der Waals surface area contributed by atoms with Gasteiger partial charge in [0.05, 0.1) is 23.5 Å². The van der Waals surface area contributed by atoms with Gasteiger partial charge in [-0.25, -0.2) is 22.2 Å². The quantitative estimate of drug-likeness (QED) is 0.404. The Morgan fingerprint density at radius 3 is 2.27 bits per heavy atom. The molecule has 0 radical (unpaired) electrons. The summed E-state index contributed by atoms with van der Waals surface area (Å²) in [6.07, 6.45) is 3.90. The number of aryl methyl sites for hydroxylation is 1. The lowest BCUT2D eigenvalue weighted by atomic mass is 9.93. The molecule has 3 heterocycles. The summed E-state index contributed by atoms with van der Waals surface area (Å²) in [7, 11) is -3.82. The molecule has 1 aromatic carbocycles. The molecule has 0 bridgehead atoms. The van der Waals surface area contributed by atoms with E-state index in [1.807, 2.05) is 0 Å². The third kappa shape index (κ3) is 7.18. The van der Waals surface area contributed by atoms with E-state index in [1.165, 1.54) is 25.8 Å². The zero-order valence-corrected chi connectivity index (χ0v) is 24.8. The van der Waals surface area contributed by atoms with Crippen molar-refractivity contribution in [3.63, 3.8) is 0 Å². The summed E-state index contributed by atoms with van der Waals surface area (Å²) in [5.41, 5.74) is 2.27. The van der Waals surface area contributed by atoms with Gasteiger partial charge >= 0.3 is 0 Å². The van der Waals surface area contributed by atoms with Gasteiger partial charge in [0.15, 0.2) is 0 Å². The number of piperidine rings is 2. The molecule has 1 amide bonds. The average molecular weight is 615 g/mol. The second-order valence-electron chi connectivity index (χ2n) is 11.4. The van der Waals surface area contributed by atoms with Gasteiger partial charge in [-0.15, -0.1) is 12.4 Å². The summed E-state index contributed by atoms with van der Waals surface area (Å²) >= 11 is 0. The first-order valence-corrected chi connectivity index (χ1v) is 15.2. The SMILES string of the molecule is Cc1cc(NC(=O)c2ccc(NS(=O)(=O)[C@H](C)CO)cc2N2CCC3(CC2)CC3)nc(N2CCC(F)(F)CC2)n1.Cl. The summed E-state index contributed by atoms with van der Waals surface area (Å²) in [6.45, 7) is 4.39. The number of aliphatic hydroxyl groups is 1. The maximum atomic E-state index is 13.6. The Hall–Kier alpha value is -2.77. The number of benzene rings is 1. The van der Waals surface area contributed by atoms with Crippen LogP contribution in [0.5, 0.6) is 0 Å². The lowest BCUT2D eigenvalue weighted by Gasteiger charge is -2.35. The minimum Gasteiger partial charge on any atom is -0.395 e. The Kier molecular flexibility index (Phi) is 9.01. The summed E-state index contributed by atoms with van der Waals surface area (Å²) in [5.74, 6) is -2.57. The van der Waals surface area contributed by atoms with Crippen LogP contribution in [0.15, 0.2) is 24.3 Å². The van der Waals surface area contributed by atoms with E-state index >= 15 is 0 Å². The van der Waals surface area contributed by atoms with Crippen molar-refractivity contribution in [3.05, 3.63) is 35.5 Å². The van der Waals surface area contributed by atoms with Gasteiger partial charge in [0, 0.05) is 50.8 Å². The van der Waals surface area contributed by atoms with Gasteiger partial charge < -0.3 is 20.2 Å². The van der Waals surface area contributed by atoms with Gasteiger partial charge in [-0.2, -0.15) is 4.98 Å². The topological polar surface area (TPSA) is 128 Å². The van der Waals surface area contributed by atoms with Crippen LogP contribution in [-0.2, 0) is 10.0 Å². The van der Waals surface area contributed by atoms with Gasteiger partial charge in [0.2, 0.25) is 16.0 Å². The molecule has 1 spiro atoms. The van der Waals surface area contributed by atoms with E-state index in [0.717, 1.165) is 25.9 Å². The van der Waals surface area contributed by atoms with Crippen molar-refractivity contribution in [2.45, 2.75) is 63.5 Å². The number of hydrogen-bond acceptors (Lipinski definition) is 8. The highest BCUT2D eigenvalue weighted by atomic mass is 35.5. The maximum Gasteiger partial charge on any atom is 0.258 e. The van der Waals surface area contributed by atoms with Crippen molar-refractivity contribution in [3.8, 4) is 0 Å². The number of carbonyl (C=O) groups excluding carboxylic acids is 1. The van der Waals surface area contributed by atoms with Gasteiger partial charge in [0.1, 0.15) is 11.1 Å². The Balaban J connectivity index is 0.00000387. The number of hydrogen-bond donors (Lipinski definition) is 3. The monoisotopic (exact) mass is 614 g/mol. The zero-order valence-electron chi connectivity index (χ0n) is 23.2. The van der Waals surface area contributed by atoms with Crippen LogP contribution in [0.25, 0.3) is 0 Å². The predicted molar refractivity (Wildman–Crippen MR) is 157 cm³/mol. The minimum atomic E-state index is -3.82. The molecule has 1 aliphatic carbocycles. The molecule has 2 saturated heterocycles. The molecule has 3 N–H and O–H groups in total. The van der Waals surface area contributed by atoms with Crippen LogP contribution in [0.3, 0.4) is 0 Å². The standard InChI is InChI=1S/C27H36F2N6O4S.ClH/c1-18-15-23(32-25(30-18)35-13-9-27(28,29)10-14-35)31-24(37)21-4-3-20(33-40(38,39)19(2)17-36)16-22(21)34-11-7-26(5-6-26)8-12-34;/h3-4,15-16,19,33,36H,5-14,17H2,1-2H3,(H,30,31,32,37);1H/t19-;/m1./s1. The van der Waals surface area contributed by atoms with E-state index in [0.29, 0.717) is 34.0 Å². The molecule has 41 heavy (non-hydrogen) atoms. The minimum absolute atomic E-state index is 0. The summed E-state index contributed by atoms with van der Waals surface area (Å²) in [4.78, 5) is 26.2. The highest BCUT2D eigenvalue weighted by molar-refractivity contribution is 7.93. The zero-order chi connectivity index (χ0) is 28.7. The number of alkyl halides is 2. The lowest BCUT2D eigenvalue weighted by Crippen LogP contribution is -2.40. The third-order valence-electron chi connectivity index (χ3n) is 8.27. The van der Waals surface area contributed by atoms with Crippen molar-refractivity contribution in [1.82, 2.24) is 9.97 Å². The van der Waals surface area contributed by atoms with Crippen LogP contribution >= 0.6 is 12.4 Å². The van der Waals surface area contributed by atoms with E-state index in [2.05, 4.69) is 24.9 Å². The number of carbonyl (C=O) groups is 1. The van der Waals surface area contributed by atoms with Crippen LogP contribution < -0.4 is 19.8 Å². The van der Waals surface area contributed by atoms with Crippen molar-refractivity contribution < 1.29 is 27.1 Å². The molecule has 14 heteroatoms. The van der Waals surface area contributed by atoms with Crippen LogP contribution in [0.2, 0.25) is 0 Å². The molecule has 226 valence electrons. The molecule has 5 rings (SSSR count). The number of aromatic nitrogens is 2. The summed E-state index contributed by atoms with van der Waals surface area (Å²) < 4.78 is 55.0. The highest BCUT2D eigenvalue weighted by Crippen LogP contribution is 2.54. The van der Waals surface area contributed by atoms with E-state index in [1.54, 1.807) is 30.0 Å². The number of rotatable bonds is 8. The Morgan fingerprint density at radius 2 is 1.66 bits per heavy atom. The third-order valence-corrected chi connectivity index (χ3v) is 10.0. The number of sulfonamides is 1. The lowest BCUT2D eigenvalue weighted by molar-refractivity contribution is -0.0222. The van der Waals surface area contributed by atoms with Gasteiger partial charge in [0.25, 0.3) is 11.8 Å². The molecule has 2 aliphatic heterocycles. The van der Waals surface area contributed by atoms with E-state index < -0.39 is 33.7 Å². The smallest absolute Gasteiger partial charge is 0.258 e. The van der Waals surface area contributed by atoms with Crippen LogP contribution in [-0.4, -0.2) is 73.4 Å². The number of nitrogens with one attached hydrogen (secondary N) is 2. The summed E-state index contributed by atoms with van der Waals surface area (Å²) in [5, 5.41) is 11.2. The molecule has 3 fully saturated rings. The first-order valence-electron chi connectivity index (χ1n) is 13.7. The average Bonchev–Trinajstić information content (AvgIpc) is 3.66. The molecule has 1 saturated carbocycles. The van der Waals surface area contributed by atoms with Gasteiger partial charge in [-0.05, 0) is 63.1 Å². The van der Waals surface area contributed by atoms with E-state index in [4.69, 9.17) is 0 Å².